The highest BCUT2D eigenvalue weighted by Gasteiger charge is 2.35. The van der Waals surface area contributed by atoms with Crippen molar-refractivity contribution in [2.24, 2.45) is 0 Å². The highest BCUT2D eigenvalue weighted by atomic mass is 16.5. The number of benzene rings is 1. The summed E-state index contributed by atoms with van der Waals surface area (Å²) in [6.45, 7) is 0. The van der Waals surface area contributed by atoms with Crippen LogP contribution in [0, 0.1) is 0 Å². The number of furan rings is 1. The van der Waals surface area contributed by atoms with Crippen molar-refractivity contribution >= 4 is 23.9 Å². The van der Waals surface area contributed by atoms with E-state index < -0.39 is 35.2 Å². The van der Waals surface area contributed by atoms with E-state index in [1.165, 1.54) is 31.4 Å². The molecule has 9 nitrogen and oxygen atoms in total. The first-order valence-electron chi connectivity index (χ1n) is 7.50. The van der Waals surface area contributed by atoms with Gasteiger partial charge in [0.15, 0.2) is 5.76 Å². The fraction of sp³-hybridized carbons (Fsp3) is 0.222. The van der Waals surface area contributed by atoms with Gasteiger partial charge in [-0.25, -0.2) is 19.2 Å². The topological polar surface area (TPSA) is 118 Å². The summed E-state index contributed by atoms with van der Waals surface area (Å²) in [5.41, 5.74) is -0.143. The van der Waals surface area contributed by atoms with Crippen LogP contribution in [0.15, 0.2) is 28.7 Å². The second kappa shape index (κ2) is 8.17. The fourth-order valence-corrected chi connectivity index (χ4v) is 2.34. The average Bonchev–Trinajstić information content (AvgIpc) is 3.12. The maximum atomic E-state index is 12.3. The second-order valence-corrected chi connectivity index (χ2v) is 5.05. The van der Waals surface area contributed by atoms with Gasteiger partial charge in [-0.1, -0.05) is 12.1 Å². The fourth-order valence-electron chi connectivity index (χ4n) is 2.34. The molecule has 2 aromatic rings. The van der Waals surface area contributed by atoms with Crippen molar-refractivity contribution < 1.29 is 42.5 Å². The molecule has 1 heterocycles. The third kappa shape index (κ3) is 3.66. The summed E-state index contributed by atoms with van der Waals surface area (Å²) in [7, 11) is 4.53. The summed E-state index contributed by atoms with van der Waals surface area (Å²) in [6.07, 6.45) is 0. The number of esters is 4. The van der Waals surface area contributed by atoms with Gasteiger partial charge in [-0.05, 0) is 12.1 Å². The minimum atomic E-state index is -0.975. The molecule has 0 atom stereocenters. The first kappa shape index (κ1) is 19.7. The number of ether oxygens (including phenoxy) is 4. The van der Waals surface area contributed by atoms with E-state index in [0.29, 0.717) is 5.56 Å². The predicted molar refractivity (Wildman–Crippen MR) is 89.5 cm³/mol. The molecular formula is C18H16O9. The lowest BCUT2D eigenvalue weighted by molar-refractivity contribution is 0.0523. The lowest BCUT2D eigenvalue weighted by atomic mass is 10.0. The molecule has 1 aromatic heterocycles. The minimum absolute atomic E-state index is 0.112. The number of rotatable bonds is 5. The predicted octanol–water partition coefficient (Wildman–Crippen LogP) is 2.09. The molecule has 0 N–H and O–H groups in total. The molecule has 0 amide bonds. The molecule has 0 saturated carbocycles. The molecule has 0 aliphatic carbocycles. The number of hydrogen-bond acceptors (Lipinski definition) is 9. The summed E-state index contributed by atoms with van der Waals surface area (Å²) < 4.78 is 24.0. The zero-order valence-corrected chi connectivity index (χ0v) is 15.0. The molecule has 0 aliphatic heterocycles. The number of methoxy groups -OCH3 is 4. The van der Waals surface area contributed by atoms with Crippen LogP contribution in [-0.2, 0) is 18.9 Å². The van der Waals surface area contributed by atoms with Gasteiger partial charge in [-0.2, -0.15) is 0 Å². The first-order chi connectivity index (χ1) is 12.9. The molecule has 9 heteroatoms. The quantitative estimate of drug-likeness (QED) is 0.571. The highest BCUT2D eigenvalue weighted by molar-refractivity contribution is 6.12. The zero-order chi connectivity index (χ0) is 20.1. The summed E-state index contributed by atoms with van der Waals surface area (Å²) in [5, 5.41) is 0. The van der Waals surface area contributed by atoms with Crippen LogP contribution >= 0.6 is 0 Å². The van der Waals surface area contributed by atoms with Crippen LogP contribution in [0.2, 0.25) is 0 Å². The number of hydrogen-bond donors (Lipinski definition) is 0. The Morgan fingerprint density at radius 2 is 1.15 bits per heavy atom. The Balaban J connectivity index is 2.73. The summed E-state index contributed by atoms with van der Waals surface area (Å²) in [4.78, 5) is 48.0. The summed E-state index contributed by atoms with van der Waals surface area (Å²) in [6, 6.07) is 5.78. The van der Waals surface area contributed by atoms with Crippen LogP contribution in [0.5, 0.6) is 0 Å². The molecule has 27 heavy (non-hydrogen) atoms. The number of carbonyl (C=O) groups is 4. The third-order valence-electron chi connectivity index (χ3n) is 3.63. The van der Waals surface area contributed by atoms with E-state index in [2.05, 4.69) is 14.2 Å². The van der Waals surface area contributed by atoms with Gasteiger partial charge in [0, 0.05) is 5.56 Å². The van der Waals surface area contributed by atoms with Crippen LogP contribution in [-0.4, -0.2) is 52.3 Å². The zero-order valence-electron chi connectivity index (χ0n) is 15.0. The number of carbonyl (C=O) groups excluding carboxylic acids is 4. The van der Waals surface area contributed by atoms with Crippen molar-refractivity contribution in [3.05, 3.63) is 46.7 Å². The minimum Gasteiger partial charge on any atom is -0.465 e. The van der Waals surface area contributed by atoms with Gasteiger partial charge >= 0.3 is 23.9 Å². The Hall–Kier alpha value is -3.62. The lowest BCUT2D eigenvalue weighted by Gasteiger charge is -2.04. The molecule has 0 spiro atoms. The van der Waals surface area contributed by atoms with Crippen LogP contribution in [0.1, 0.15) is 41.6 Å². The van der Waals surface area contributed by atoms with Crippen molar-refractivity contribution in [1.29, 1.82) is 0 Å². The Bertz CT molecular complexity index is 890. The van der Waals surface area contributed by atoms with Crippen LogP contribution in [0.4, 0.5) is 0 Å². The van der Waals surface area contributed by atoms with E-state index in [0.717, 1.165) is 21.3 Å². The van der Waals surface area contributed by atoms with Crippen molar-refractivity contribution in [1.82, 2.24) is 0 Å². The molecule has 1 aromatic carbocycles. The van der Waals surface area contributed by atoms with E-state index in [9.17, 15) is 19.2 Å². The van der Waals surface area contributed by atoms with Gasteiger partial charge in [0.1, 0.15) is 11.1 Å². The first-order valence-corrected chi connectivity index (χ1v) is 7.50. The standard InChI is InChI=1S/C18H16O9/c1-23-15(19)10-7-5-9(6-8-10)13-11(16(20)24-2)12(17(21)25-3)14(27-13)18(22)26-4/h5-8H,1-4H3. The van der Waals surface area contributed by atoms with Crippen LogP contribution in [0.25, 0.3) is 11.3 Å². The average molecular weight is 376 g/mol. The van der Waals surface area contributed by atoms with E-state index >= 15 is 0 Å². The molecule has 2 rings (SSSR count). The molecule has 0 bridgehead atoms. The van der Waals surface area contributed by atoms with E-state index in [-0.39, 0.29) is 16.9 Å². The summed E-state index contributed by atoms with van der Waals surface area (Å²) in [5.74, 6) is -4.04. The molecule has 0 aliphatic rings. The maximum absolute atomic E-state index is 12.3. The Labute approximate surface area is 153 Å². The second-order valence-electron chi connectivity index (χ2n) is 5.05. The third-order valence-corrected chi connectivity index (χ3v) is 3.63. The molecule has 0 fully saturated rings. The molecule has 0 radical (unpaired) electrons. The van der Waals surface area contributed by atoms with Gasteiger partial charge < -0.3 is 23.4 Å². The van der Waals surface area contributed by atoms with Gasteiger partial charge in [-0.15, -0.1) is 0 Å². The smallest absolute Gasteiger partial charge is 0.374 e. The lowest BCUT2D eigenvalue weighted by Crippen LogP contribution is -2.14. The van der Waals surface area contributed by atoms with Crippen molar-refractivity contribution in [2.45, 2.75) is 0 Å². The van der Waals surface area contributed by atoms with E-state index in [1.807, 2.05) is 0 Å². The summed E-state index contributed by atoms with van der Waals surface area (Å²) >= 11 is 0. The molecular weight excluding hydrogens is 360 g/mol. The molecule has 0 unspecified atom stereocenters. The van der Waals surface area contributed by atoms with Crippen molar-refractivity contribution in [3.8, 4) is 11.3 Å². The Morgan fingerprint density at radius 3 is 1.63 bits per heavy atom. The van der Waals surface area contributed by atoms with Gasteiger partial charge in [-0.3, -0.25) is 0 Å². The maximum Gasteiger partial charge on any atom is 0.374 e. The van der Waals surface area contributed by atoms with Crippen molar-refractivity contribution in [3.63, 3.8) is 0 Å². The Kier molecular flexibility index (Phi) is 5.96. The van der Waals surface area contributed by atoms with Gasteiger partial charge in [0.25, 0.3) is 0 Å². The van der Waals surface area contributed by atoms with Gasteiger partial charge in [0.05, 0.1) is 34.0 Å². The largest absolute Gasteiger partial charge is 0.465 e. The van der Waals surface area contributed by atoms with Crippen LogP contribution < -0.4 is 0 Å². The monoisotopic (exact) mass is 376 g/mol. The molecule has 142 valence electrons. The van der Waals surface area contributed by atoms with E-state index in [1.54, 1.807) is 0 Å². The Morgan fingerprint density at radius 1 is 0.667 bits per heavy atom. The van der Waals surface area contributed by atoms with Gasteiger partial charge in [0.2, 0.25) is 5.76 Å². The van der Waals surface area contributed by atoms with E-state index in [4.69, 9.17) is 9.15 Å². The van der Waals surface area contributed by atoms with Crippen LogP contribution in [0.3, 0.4) is 0 Å². The van der Waals surface area contributed by atoms with Crippen molar-refractivity contribution in [2.75, 3.05) is 28.4 Å². The normalized spacial score (nSPS) is 10.1. The molecule has 0 saturated heterocycles. The highest BCUT2D eigenvalue weighted by Crippen LogP contribution is 2.33. The SMILES string of the molecule is COC(=O)c1ccc(-c2oc(C(=O)OC)c(C(=O)OC)c2C(=O)OC)cc1.